The maximum atomic E-state index is 11.4. The van der Waals surface area contributed by atoms with Gasteiger partial charge in [-0.2, -0.15) is 5.53 Å². The van der Waals surface area contributed by atoms with E-state index in [4.69, 9.17) is 11.7 Å². The van der Waals surface area contributed by atoms with Crippen molar-refractivity contribution in [2.75, 3.05) is 0 Å². The van der Waals surface area contributed by atoms with E-state index in [0.717, 1.165) is 0 Å². The third-order valence-electron chi connectivity index (χ3n) is 1.43. The van der Waals surface area contributed by atoms with E-state index >= 15 is 0 Å². The molecule has 0 aliphatic carbocycles. The minimum Gasteiger partial charge on any atom is -0.256 e. The highest BCUT2D eigenvalue weighted by Crippen LogP contribution is 2.09. The molecule has 0 atom stereocenters. The van der Waals surface area contributed by atoms with Crippen molar-refractivity contribution in [3.63, 3.8) is 0 Å². The molecule has 0 aliphatic rings. The molecule has 0 spiro atoms. The number of nitrogens with one attached hydrogen (secondary N) is 1. The second-order valence-electron chi connectivity index (χ2n) is 2.24. The average Bonchev–Trinajstić information content (AvgIpc) is 2.18. The Morgan fingerprint density at radius 2 is 1.77 bits per heavy atom. The molecule has 1 aromatic rings. The van der Waals surface area contributed by atoms with Gasteiger partial charge in [0, 0.05) is 0 Å². The fourth-order valence-electron chi connectivity index (χ4n) is 0.775. The number of benzene rings is 1. The van der Waals surface area contributed by atoms with Gasteiger partial charge in [-0.3, -0.25) is 5.84 Å². The SMILES string of the molecule is NNN(N)S(=O)(=O)c1ccccc1. The van der Waals surface area contributed by atoms with Gasteiger partial charge in [-0.25, -0.2) is 14.3 Å². The molecule has 1 rings (SSSR count). The monoisotopic (exact) mass is 202 g/mol. The summed E-state index contributed by atoms with van der Waals surface area (Å²) in [5.74, 6) is 9.96. The molecular formula is C6H10N4O2S. The summed E-state index contributed by atoms with van der Waals surface area (Å²) in [6.07, 6.45) is 0. The van der Waals surface area contributed by atoms with Gasteiger partial charge in [0.05, 0.1) is 4.90 Å². The van der Waals surface area contributed by atoms with Gasteiger partial charge in [0.25, 0.3) is 10.0 Å². The largest absolute Gasteiger partial charge is 0.270 e. The van der Waals surface area contributed by atoms with Crippen LogP contribution in [0.1, 0.15) is 0 Å². The first-order valence-electron chi connectivity index (χ1n) is 3.40. The predicted molar refractivity (Wildman–Crippen MR) is 47.0 cm³/mol. The zero-order valence-corrected chi connectivity index (χ0v) is 7.53. The lowest BCUT2D eigenvalue weighted by molar-refractivity contribution is 0.332. The van der Waals surface area contributed by atoms with Crippen molar-refractivity contribution in [1.29, 1.82) is 0 Å². The van der Waals surface area contributed by atoms with E-state index in [1.165, 1.54) is 12.1 Å². The Hall–Kier alpha value is -0.990. The van der Waals surface area contributed by atoms with Crippen LogP contribution in [0.25, 0.3) is 0 Å². The third kappa shape index (κ3) is 2.02. The zero-order chi connectivity index (χ0) is 9.90. The van der Waals surface area contributed by atoms with E-state index in [9.17, 15) is 8.42 Å². The number of sulfonamides is 1. The van der Waals surface area contributed by atoms with Crippen LogP contribution in [-0.2, 0) is 10.0 Å². The number of nitrogens with two attached hydrogens (primary N) is 2. The molecule has 7 heteroatoms. The molecule has 5 N–H and O–H groups in total. The number of hydrazine groups is 3. The van der Waals surface area contributed by atoms with Gasteiger partial charge >= 0.3 is 0 Å². The summed E-state index contributed by atoms with van der Waals surface area (Å²) in [5.41, 5.74) is 1.83. The van der Waals surface area contributed by atoms with E-state index in [1.807, 2.05) is 5.53 Å². The van der Waals surface area contributed by atoms with Gasteiger partial charge in [-0.1, -0.05) is 22.7 Å². The quantitative estimate of drug-likeness (QED) is 0.428. The van der Waals surface area contributed by atoms with E-state index in [0.29, 0.717) is 4.52 Å². The number of rotatable bonds is 3. The van der Waals surface area contributed by atoms with Crippen LogP contribution in [0.3, 0.4) is 0 Å². The average molecular weight is 202 g/mol. The number of nitrogens with zero attached hydrogens (tertiary/aromatic N) is 1. The molecule has 13 heavy (non-hydrogen) atoms. The molecule has 72 valence electrons. The fraction of sp³-hybridized carbons (Fsp3) is 0. The fourth-order valence-corrected chi connectivity index (χ4v) is 1.64. The molecule has 6 nitrogen and oxygen atoms in total. The van der Waals surface area contributed by atoms with Crippen LogP contribution in [0.2, 0.25) is 0 Å². The Balaban J connectivity index is 3.09. The van der Waals surface area contributed by atoms with E-state index in [2.05, 4.69) is 0 Å². The summed E-state index contributed by atoms with van der Waals surface area (Å²) in [5, 5.41) is 0. The van der Waals surface area contributed by atoms with E-state index in [-0.39, 0.29) is 4.90 Å². The topological polar surface area (TPSA) is 101 Å². The lowest BCUT2D eigenvalue weighted by Crippen LogP contribution is -2.51. The Bertz CT molecular complexity index is 363. The molecule has 0 bridgehead atoms. The molecular weight excluding hydrogens is 192 g/mol. The summed E-state index contributed by atoms with van der Waals surface area (Å²) < 4.78 is 23.2. The van der Waals surface area contributed by atoms with Crippen molar-refractivity contribution in [2.45, 2.75) is 4.90 Å². The number of hydrogen-bond donors (Lipinski definition) is 3. The van der Waals surface area contributed by atoms with Gasteiger partial charge in [0.2, 0.25) is 0 Å². The molecule has 0 fully saturated rings. The minimum absolute atomic E-state index is 0.0791. The van der Waals surface area contributed by atoms with Crippen LogP contribution in [0.4, 0.5) is 0 Å². The Morgan fingerprint density at radius 1 is 1.23 bits per heavy atom. The van der Waals surface area contributed by atoms with Gasteiger partial charge in [-0.15, -0.1) is 0 Å². The molecule has 1 aromatic carbocycles. The molecule has 0 saturated carbocycles. The second-order valence-corrected chi connectivity index (χ2v) is 4.06. The summed E-state index contributed by atoms with van der Waals surface area (Å²) in [6.45, 7) is 0. The smallest absolute Gasteiger partial charge is 0.256 e. The van der Waals surface area contributed by atoms with Crippen LogP contribution in [0.5, 0.6) is 0 Å². The van der Waals surface area contributed by atoms with Crippen LogP contribution >= 0.6 is 0 Å². The highest BCUT2D eigenvalue weighted by molar-refractivity contribution is 7.89. The minimum atomic E-state index is -3.71. The van der Waals surface area contributed by atoms with Gasteiger partial charge in [-0.05, 0) is 12.1 Å². The second kappa shape index (κ2) is 3.81. The van der Waals surface area contributed by atoms with Crippen molar-refractivity contribution in [2.24, 2.45) is 11.7 Å². The van der Waals surface area contributed by atoms with Gasteiger partial charge in [0.1, 0.15) is 0 Å². The summed E-state index contributed by atoms with van der Waals surface area (Å²) in [4.78, 5) is 0.0791. The molecule has 0 radical (unpaired) electrons. The van der Waals surface area contributed by atoms with Gasteiger partial charge in [0.15, 0.2) is 0 Å². The maximum absolute atomic E-state index is 11.4. The van der Waals surface area contributed by atoms with Crippen molar-refractivity contribution in [3.8, 4) is 0 Å². The van der Waals surface area contributed by atoms with Crippen molar-refractivity contribution < 1.29 is 8.42 Å². The van der Waals surface area contributed by atoms with Crippen LogP contribution in [-0.4, -0.2) is 12.9 Å². The molecule has 0 heterocycles. The Kier molecular flexibility index (Phi) is 2.96. The summed E-state index contributed by atoms with van der Waals surface area (Å²) in [7, 11) is -3.71. The van der Waals surface area contributed by atoms with E-state index in [1.54, 1.807) is 18.2 Å². The highest BCUT2D eigenvalue weighted by Gasteiger charge is 2.19. The number of hydrogen-bond acceptors (Lipinski definition) is 5. The molecule has 0 aromatic heterocycles. The predicted octanol–water partition coefficient (Wildman–Crippen LogP) is -1.07. The first kappa shape index (κ1) is 10.1. The summed E-state index contributed by atoms with van der Waals surface area (Å²) in [6, 6.07) is 7.74. The third-order valence-corrected chi connectivity index (χ3v) is 2.92. The lowest BCUT2D eigenvalue weighted by Gasteiger charge is -2.13. The van der Waals surface area contributed by atoms with Crippen molar-refractivity contribution in [3.05, 3.63) is 30.3 Å². The first-order valence-corrected chi connectivity index (χ1v) is 4.84. The Labute approximate surface area is 76.1 Å². The first-order chi connectivity index (χ1) is 6.09. The van der Waals surface area contributed by atoms with Crippen molar-refractivity contribution in [1.82, 2.24) is 10.1 Å². The molecule has 0 saturated heterocycles. The maximum Gasteiger partial charge on any atom is 0.270 e. The van der Waals surface area contributed by atoms with Crippen molar-refractivity contribution >= 4 is 10.0 Å². The summed E-state index contributed by atoms with van der Waals surface area (Å²) >= 11 is 0. The van der Waals surface area contributed by atoms with Crippen LogP contribution in [0.15, 0.2) is 35.2 Å². The van der Waals surface area contributed by atoms with Gasteiger partial charge < -0.3 is 0 Å². The van der Waals surface area contributed by atoms with Crippen LogP contribution in [0, 0.1) is 0 Å². The standard InChI is InChI=1S/C6H10N4O2S/c7-9-10(8)13(11,12)6-4-2-1-3-5-6/h1-5,9H,7-8H2. The molecule has 0 amide bonds. The van der Waals surface area contributed by atoms with Crippen LogP contribution < -0.4 is 17.2 Å². The molecule has 0 aliphatic heterocycles. The van der Waals surface area contributed by atoms with E-state index < -0.39 is 10.0 Å². The molecule has 0 unspecified atom stereocenters. The highest BCUT2D eigenvalue weighted by atomic mass is 32.2. The lowest BCUT2D eigenvalue weighted by atomic mass is 10.4. The Morgan fingerprint density at radius 3 is 2.23 bits per heavy atom. The normalized spacial score (nSPS) is 11.9. The zero-order valence-electron chi connectivity index (χ0n) is 6.71.